The number of nitrogens with zero attached hydrogens (tertiary/aromatic N) is 1. The monoisotopic (exact) mass is 295 g/mol. The van der Waals surface area contributed by atoms with Gasteiger partial charge in [-0.3, -0.25) is 25.8 Å². The fraction of sp³-hybridized carbons (Fsp3) is 0. The minimum absolute atomic E-state index is 0. The third kappa shape index (κ3) is 4.45. The fourth-order valence-electron chi connectivity index (χ4n) is 1.52. The van der Waals surface area contributed by atoms with Gasteiger partial charge in [0.1, 0.15) is 0 Å². The van der Waals surface area contributed by atoms with Gasteiger partial charge in [0.2, 0.25) is 0 Å². The topological polar surface area (TPSA) is 107 Å². The summed E-state index contributed by atoms with van der Waals surface area (Å²) in [6, 6.07) is 11.3. The van der Waals surface area contributed by atoms with E-state index in [-0.39, 0.29) is 46.6 Å². The molecule has 0 aliphatic rings. The summed E-state index contributed by atoms with van der Waals surface area (Å²) in [6.07, 6.45) is 0. The Morgan fingerprint density at radius 1 is 1.05 bits per heavy atom. The molecule has 8 heteroatoms. The van der Waals surface area contributed by atoms with Crippen LogP contribution in [0.4, 0.5) is 11.4 Å². The van der Waals surface area contributed by atoms with E-state index in [4.69, 9.17) is 0 Å². The molecule has 0 aromatic heterocycles. The summed E-state index contributed by atoms with van der Waals surface area (Å²) in [5, 5.41) is 21.9. The number of carbonyl (C=O) groups excluding carboxylic acids is 1. The molecule has 2 rings (SSSR count). The summed E-state index contributed by atoms with van der Waals surface area (Å²) in [7, 11) is 0. The van der Waals surface area contributed by atoms with Gasteiger partial charge in [-0.1, -0.05) is 30.0 Å². The van der Waals surface area contributed by atoms with Gasteiger partial charge in [0.25, 0.3) is 11.6 Å². The van der Waals surface area contributed by atoms with Crippen molar-refractivity contribution in [3.05, 3.63) is 64.2 Å². The van der Waals surface area contributed by atoms with Crippen molar-refractivity contribution in [2.24, 2.45) is 0 Å². The molecule has 102 valence electrons. The van der Waals surface area contributed by atoms with Gasteiger partial charge in [-0.25, -0.2) is 0 Å². The van der Waals surface area contributed by atoms with Crippen LogP contribution in [-0.4, -0.2) is 10.8 Å². The van der Waals surface area contributed by atoms with E-state index in [1.54, 1.807) is 12.1 Å². The number of anilines is 1. The van der Waals surface area contributed by atoms with Crippen LogP contribution in [0.1, 0.15) is 10.4 Å². The van der Waals surface area contributed by atoms with Gasteiger partial charge in [-0.15, -0.1) is 0 Å². The minimum Gasteiger partial charge on any atom is -0.872 e. The standard InChI is InChI=1S/C13H11N3O4.Na/c17-12-4-2-1-3-11(12)13(18)15-14-9-5-7-10(8-6-9)16(19)20;/h1-8,14,17H,(H,15,18);/q;+1/p-1. The van der Waals surface area contributed by atoms with Crippen LogP contribution in [0.5, 0.6) is 5.75 Å². The summed E-state index contributed by atoms with van der Waals surface area (Å²) in [4.78, 5) is 21.7. The van der Waals surface area contributed by atoms with E-state index >= 15 is 0 Å². The zero-order chi connectivity index (χ0) is 14.5. The molecule has 0 saturated carbocycles. The van der Waals surface area contributed by atoms with Crippen molar-refractivity contribution in [2.45, 2.75) is 0 Å². The fourth-order valence-corrected chi connectivity index (χ4v) is 1.52. The first-order chi connectivity index (χ1) is 9.58. The molecule has 0 spiro atoms. The van der Waals surface area contributed by atoms with Crippen LogP contribution in [0, 0.1) is 10.1 Å². The van der Waals surface area contributed by atoms with Gasteiger partial charge in [0.05, 0.1) is 10.6 Å². The number of benzene rings is 2. The number of amides is 1. The molecule has 0 fully saturated rings. The van der Waals surface area contributed by atoms with Gasteiger partial charge < -0.3 is 5.11 Å². The molecule has 21 heavy (non-hydrogen) atoms. The Morgan fingerprint density at radius 2 is 1.67 bits per heavy atom. The maximum Gasteiger partial charge on any atom is 1.00 e. The summed E-state index contributed by atoms with van der Waals surface area (Å²) in [5.74, 6) is -0.954. The SMILES string of the molecule is O=C(NNc1ccc([N+](=O)[O-])cc1)c1ccccc1[O-].[Na+]. The molecular formula is C13H10N3NaO4. The summed E-state index contributed by atoms with van der Waals surface area (Å²) in [6.45, 7) is 0. The van der Waals surface area contributed by atoms with E-state index in [9.17, 15) is 20.0 Å². The van der Waals surface area contributed by atoms with Crippen molar-refractivity contribution in [3.63, 3.8) is 0 Å². The third-order valence-electron chi connectivity index (χ3n) is 2.53. The average Bonchev–Trinajstić information content (AvgIpc) is 2.45. The Morgan fingerprint density at radius 3 is 2.24 bits per heavy atom. The molecular weight excluding hydrogens is 285 g/mol. The van der Waals surface area contributed by atoms with Crippen LogP contribution in [0.3, 0.4) is 0 Å². The molecule has 0 atom stereocenters. The van der Waals surface area contributed by atoms with Gasteiger partial charge in [-0.2, -0.15) is 0 Å². The maximum atomic E-state index is 11.7. The van der Waals surface area contributed by atoms with Crippen molar-refractivity contribution in [2.75, 3.05) is 5.43 Å². The van der Waals surface area contributed by atoms with E-state index in [0.29, 0.717) is 5.69 Å². The number of carbonyl (C=O) groups is 1. The van der Waals surface area contributed by atoms with Crippen LogP contribution < -0.4 is 45.5 Å². The molecule has 0 heterocycles. The van der Waals surface area contributed by atoms with Crippen molar-refractivity contribution in [1.82, 2.24) is 5.43 Å². The van der Waals surface area contributed by atoms with E-state index in [2.05, 4.69) is 10.9 Å². The zero-order valence-electron chi connectivity index (χ0n) is 11.2. The van der Waals surface area contributed by atoms with Crippen molar-refractivity contribution < 1.29 is 44.4 Å². The van der Waals surface area contributed by atoms with Crippen LogP contribution >= 0.6 is 0 Å². The van der Waals surface area contributed by atoms with Crippen molar-refractivity contribution in [1.29, 1.82) is 0 Å². The van der Waals surface area contributed by atoms with Crippen LogP contribution in [0.15, 0.2) is 48.5 Å². The van der Waals surface area contributed by atoms with E-state index < -0.39 is 10.8 Å². The largest absolute Gasteiger partial charge is 1.00 e. The number of nitrogens with one attached hydrogen (secondary N) is 2. The molecule has 2 aromatic rings. The van der Waals surface area contributed by atoms with Crippen molar-refractivity contribution >= 4 is 17.3 Å². The number of rotatable bonds is 4. The number of non-ortho nitro benzene ring substituents is 1. The Balaban J connectivity index is 0.00000220. The second-order valence-electron chi connectivity index (χ2n) is 3.88. The summed E-state index contributed by atoms with van der Waals surface area (Å²) < 4.78 is 0. The molecule has 0 radical (unpaired) electrons. The van der Waals surface area contributed by atoms with E-state index in [0.717, 1.165) is 0 Å². The number of nitro benzene ring substituents is 1. The molecule has 0 unspecified atom stereocenters. The zero-order valence-corrected chi connectivity index (χ0v) is 13.2. The number of nitro groups is 1. The van der Waals surface area contributed by atoms with Crippen LogP contribution in [-0.2, 0) is 0 Å². The summed E-state index contributed by atoms with van der Waals surface area (Å²) in [5.41, 5.74) is 5.35. The second-order valence-corrected chi connectivity index (χ2v) is 3.88. The maximum absolute atomic E-state index is 11.7. The quantitative estimate of drug-likeness (QED) is 0.402. The number of hydrogen-bond donors (Lipinski definition) is 2. The predicted octanol–water partition coefficient (Wildman–Crippen LogP) is -1.57. The normalized spacial score (nSPS) is 9.33. The van der Waals surface area contributed by atoms with Gasteiger partial charge in [-0.05, 0) is 12.1 Å². The van der Waals surface area contributed by atoms with Gasteiger partial charge in [0, 0.05) is 17.7 Å². The molecule has 0 saturated heterocycles. The number of hydrazine groups is 1. The molecule has 2 N–H and O–H groups in total. The smallest absolute Gasteiger partial charge is 0.872 e. The predicted molar refractivity (Wildman–Crippen MR) is 70.1 cm³/mol. The number of para-hydroxylation sites is 1. The Labute approximate surface area is 142 Å². The molecule has 0 aliphatic heterocycles. The molecule has 2 aromatic carbocycles. The van der Waals surface area contributed by atoms with E-state index in [1.165, 1.54) is 36.4 Å². The first kappa shape index (κ1) is 17.0. The molecule has 0 aliphatic carbocycles. The van der Waals surface area contributed by atoms with Crippen LogP contribution in [0.2, 0.25) is 0 Å². The number of hydrogen-bond acceptors (Lipinski definition) is 5. The first-order valence-corrected chi connectivity index (χ1v) is 5.65. The molecule has 0 bridgehead atoms. The Kier molecular flexibility index (Phi) is 6.16. The van der Waals surface area contributed by atoms with E-state index in [1.807, 2.05) is 0 Å². The molecule has 7 nitrogen and oxygen atoms in total. The Bertz CT molecular complexity index is 646. The van der Waals surface area contributed by atoms with Gasteiger partial charge in [0.15, 0.2) is 0 Å². The minimum atomic E-state index is -0.575. The Hall–Kier alpha value is -2.09. The average molecular weight is 295 g/mol. The van der Waals surface area contributed by atoms with Gasteiger partial charge >= 0.3 is 29.6 Å². The second kappa shape index (κ2) is 7.63. The summed E-state index contributed by atoms with van der Waals surface area (Å²) >= 11 is 0. The first-order valence-electron chi connectivity index (χ1n) is 5.65. The molecule has 1 amide bonds. The van der Waals surface area contributed by atoms with Crippen LogP contribution in [0.25, 0.3) is 0 Å². The third-order valence-corrected chi connectivity index (χ3v) is 2.53. The van der Waals surface area contributed by atoms with Crippen molar-refractivity contribution in [3.8, 4) is 5.75 Å².